The summed E-state index contributed by atoms with van der Waals surface area (Å²) in [6.45, 7) is 1.95. The van der Waals surface area contributed by atoms with Crippen molar-refractivity contribution < 1.29 is 4.42 Å². The molecule has 1 heterocycles. The van der Waals surface area contributed by atoms with E-state index in [0.717, 1.165) is 12.2 Å². The summed E-state index contributed by atoms with van der Waals surface area (Å²) in [5, 5.41) is 3.57. The molecule has 0 aliphatic carbocycles. The first-order valence-electron chi connectivity index (χ1n) is 3.46. The largest absolute Gasteiger partial charge is 0.469 e. The van der Waals surface area contributed by atoms with Gasteiger partial charge in [-0.2, -0.15) is 0 Å². The molecule has 0 saturated heterocycles. The molecule has 0 spiro atoms. The minimum absolute atomic E-state index is 0.157. The van der Waals surface area contributed by atoms with E-state index in [2.05, 4.69) is 10.0 Å². The van der Waals surface area contributed by atoms with E-state index in [1.165, 1.54) is 0 Å². The molecule has 0 aliphatic heterocycles. The minimum Gasteiger partial charge on any atom is -0.469 e. The van der Waals surface area contributed by atoms with Crippen molar-refractivity contribution in [3.8, 4) is 0 Å². The molecule has 1 atom stereocenters. The quantitative estimate of drug-likeness (QED) is 0.372. The Hall–Kier alpha value is -1.41. The summed E-state index contributed by atoms with van der Waals surface area (Å²) in [7, 11) is 0. The van der Waals surface area contributed by atoms with Gasteiger partial charge in [0.2, 0.25) is 0 Å². The molecule has 0 bridgehead atoms. The Labute approximate surface area is 64.5 Å². The van der Waals surface area contributed by atoms with Crippen LogP contribution in [0.2, 0.25) is 0 Å². The number of furan rings is 1. The molecule has 0 saturated carbocycles. The first kappa shape index (κ1) is 7.69. The van der Waals surface area contributed by atoms with Gasteiger partial charge in [-0.15, -0.1) is 0 Å². The molecule has 1 aromatic rings. The van der Waals surface area contributed by atoms with E-state index in [-0.39, 0.29) is 6.04 Å². The van der Waals surface area contributed by atoms with Gasteiger partial charge in [0.25, 0.3) is 0 Å². The average molecular weight is 151 g/mol. The Morgan fingerprint density at radius 3 is 3.09 bits per heavy atom. The van der Waals surface area contributed by atoms with Crippen molar-refractivity contribution in [3.63, 3.8) is 0 Å². The van der Waals surface area contributed by atoms with Gasteiger partial charge in [0, 0.05) is 4.91 Å². The number of hydrogen-bond donors (Lipinski definition) is 0. The third-order valence-corrected chi connectivity index (χ3v) is 1.45. The third-order valence-electron chi connectivity index (χ3n) is 1.45. The molecule has 1 aromatic heterocycles. The molecule has 0 radical (unpaired) electrons. The fraction of sp³-hybridized carbons (Fsp3) is 0.429. The second-order valence-corrected chi connectivity index (χ2v) is 2.14. The highest BCUT2D eigenvalue weighted by Crippen LogP contribution is 2.20. The van der Waals surface area contributed by atoms with Crippen LogP contribution in [0, 0.1) is 0 Å². The molecule has 0 aromatic carbocycles. The van der Waals surface area contributed by atoms with Crippen LogP contribution in [0.25, 0.3) is 10.4 Å². The number of hydrogen-bond acceptors (Lipinski definition) is 2. The fourth-order valence-electron chi connectivity index (χ4n) is 0.883. The van der Waals surface area contributed by atoms with Crippen LogP contribution in [0.3, 0.4) is 0 Å². The van der Waals surface area contributed by atoms with Crippen molar-refractivity contribution in [2.75, 3.05) is 0 Å². The van der Waals surface area contributed by atoms with Gasteiger partial charge in [0.05, 0.1) is 12.3 Å². The average Bonchev–Trinajstić information content (AvgIpc) is 2.52. The molecule has 11 heavy (non-hydrogen) atoms. The molecule has 0 amide bonds. The van der Waals surface area contributed by atoms with Crippen LogP contribution in [-0.2, 0) is 0 Å². The summed E-state index contributed by atoms with van der Waals surface area (Å²) >= 11 is 0. The van der Waals surface area contributed by atoms with Crippen molar-refractivity contribution in [1.82, 2.24) is 0 Å². The van der Waals surface area contributed by atoms with Crippen LogP contribution in [0.15, 0.2) is 27.9 Å². The topological polar surface area (TPSA) is 61.9 Å². The van der Waals surface area contributed by atoms with E-state index in [9.17, 15) is 0 Å². The van der Waals surface area contributed by atoms with Crippen molar-refractivity contribution in [2.24, 2.45) is 5.11 Å². The predicted molar refractivity (Wildman–Crippen MR) is 40.9 cm³/mol. The minimum atomic E-state index is -0.157. The lowest BCUT2D eigenvalue weighted by Crippen LogP contribution is -1.88. The maximum Gasteiger partial charge on any atom is 0.112 e. The van der Waals surface area contributed by atoms with Crippen LogP contribution in [0.4, 0.5) is 0 Å². The molecule has 1 rings (SSSR count). The molecule has 0 fully saturated rings. The zero-order chi connectivity index (χ0) is 8.10. The van der Waals surface area contributed by atoms with E-state index in [0.29, 0.717) is 0 Å². The van der Waals surface area contributed by atoms with Crippen LogP contribution in [0.5, 0.6) is 0 Å². The standard InChI is InChI=1S/C7H9N3O/c1-2-6(9-10-8)7-4-3-5-11-7/h3-6H,2H2,1H3/t6-/m1/s1. The van der Waals surface area contributed by atoms with Gasteiger partial charge in [-0.3, -0.25) is 0 Å². The highest BCUT2D eigenvalue weighted by Gasteiger charge is 2.08. The lowest BCUT2D eigenvalue weighted by atomic mass is 10.2. The molecule has 4 nitrogen and oxygen atoms in total. The molecule has 0 aliphatic rings. The van der Waals surface area contributed by atoms with Crippen molar-refractivity contribution in [1.29, 1.82) is 0 Å². The Morgan fingerprint density at radius 1 is 1.82 bits per heavy atom. The van der Waals surface area contributed by atoms with Crippen molar-refractivity contribution in [2.45, 2.75) is 19.4 Å². The number of rotatable bonds is 3. The van der Waals surface area contributed by atoms with Crippen LogP contribution >= 0.6 is 0 Å². The van der Waals surface area contributed by atoms with E-state index >= 15 is 0 Å². The Balaban J connectivity index is 2.79. The van der Waals surface area contributed by atoms with Crippen molar-refractivity contribution >= 4 is 0 Å². The second kappa shape index (κ2) is 3.68. The molecular formula is C7H9N3O. The highest BCUT2D eigenvalue weighted by atomic mass is 16.3. The van der Waals surface area contributed by atoms with E-state index < -0.39 is 0 Å². The van der Waals surface area contributed by atoms with Gasteiger partial charge in [0.15, 0.2) is 0 Å². The molecule has 4 heteroatoms. The van der Waals surface area contributed by atoms with E-state index in [4.69, 9.17) is 9.95 Å². The van der Waals surface area contributed by atoms with Gasteiger partial charge in [-0.25, -0.2) is 0 Å². The second-order valence-electron chi connectivity index (χ2n) is 2.14. The van der Waals surface area contributed by atoms with Gasteiger partial charge in [-0.1, -0.05) is 12.0 Å². The summed E-state index contributed by atoms with van der Waals surface area (Å²) < 4.78 is 5.07. The molecular weight excluding hydrogens is 142 g/mol. The summed E-state index contributed by atoms with van der Waals surface area (Å²) in [6, 6.07) is 3.43. The zero-order valence-corrected chi connectivity index (χ0v) is 6.27. The van der Waals surface area contributed by atoms with Crippen LogP contribution < -0.4 is 0 Å². The predicted octanol–water partition coefficient (Wildman–Crippen LogP) is 3.04. The van der Waals surface area contributed by atoms with Crippen LogP contribution in [-0.4, -0.2) is 0 Å². The maximum absolute atomic E-state index is 8.18. The number of azide groups is 1. The Morgan fingerprint density at radius 2 is 2.64 bits per heavy atom. The summed E-state index contributed by atoms with van der Waals surface area (Å²) in [5.74, 6) is 0.727. The first-order chi connectivity index (χ1) is 5.38. The fourth-order valence-corrected chi connectivity index (χ4v) is 0.883. The normalized spacial score (nSPS) is 12.1. The molecule has 0 N–H and O–H groups in total. The maximum atomic E-state index is 8.18. The lowest BCUT2D eigenvalue weighted by Gasteiger charge is -2.01. The smallest absolute Gasteiger partial charge is 0.112 e. The van der Waals surface area contributed by atoms with Crippen LogP contribution in [0.1, 0.15) is 25.1 Å². The SMILES string of the molecule is CC[C@@H](N=[N+]=[N-])c1ccco1. The Kier molecular flexibility index (Phi) is 2.58. The van der Waals surface area contributed by atoms with Gasteiger partial charge < -0.3 is 4.42 Å². The summed E-state index contributed by atoms with van der Waals surface area (Å²) in [5.41, 5.74) is 8.18. The van der Waals surface area contributed by atoms with Crippen molar-refractivity contribution in [3.05, 3.63) is 34.6 Å². The molecule has 58 valence electrons. The summed E-state index contributed by atoms with van der Waals surface area (Å²) in [6.07, 6.45) is 2.34. The van der Waals surface area contributed by atoms with E-state index in [1.807, 2.05) is 13.0 Å². The first-order valence-corrected chi connectivity index (χ1v) is 3.46. The lowest BCUT2D eigenvalue weighted by molar-refractivity contribution is 0.459. The monoisotopic (exact) mass is 151 g/mol. The zero-order valence-electron chi connectivity index (χ0n) is 6.27. The highest BCUT2D eigenvalue weighted by molar-refractivity contribution is 5.03. The van der Waals surface area contributed by atoms with Gasteiger partial charge in [0.1, 0.15) is 5.76 Å². The van der Waals surface area contributed by atoms with Gasteiger partial charge in [-0.05, 0) is 24.1 Å². The van der Waals surface area contributed by atoms with E-state index in [1.54, 1.807) is 12.3 Å². The summed E-state index contributed by atoms with van der Waals surface area (Å²) in [4.78, 5) is 2.73. The number of nitrogens with zero attached hydrogens (tertiary/aromatic N) is 3. The third kappa shape index (κ3) is 1.75. The van der Waals surface area contributed by atoms with Gasteiger partial charge >= 0.3 is 0 Å². The Bertz CT molecular complexity index is 249. The molecule has 0 unspecified atom stereocenters.